The van der Waals surface area contributed by atoms with E-state index in [2.05, 4.69) is 54.1 Å². The highest BCUT2D eigenvalue weighted by molar-refractivity contribution is 5.40. The van der Waals surface area contributed by atoms with E-state index in [-0.39, 0.29) is 0 Å². The molecule has 31 heavy (non-hydrogen) atoms. The number of aromatic nitrogens is 1. The van der Waals surface area contributed by atoms with Crippen LogP contribution < -0.4 is 4.74 Å². The molecule has 0 bridgehead atoms. The van der Waals surface area contributed by atoms with Gasteiger partial charge in [0.2, 0.25) is 0 Å². The lowest BCUT2D eigenvalue weighted by Crippen LogP contribution is -2.50. The summed E-state index contributed by atoms with van der Waals surface area (Å²) < 4.78 is 5.50. The zero-order chi connectivity index (χ0) is 21.4. The molecule has 3 aliphatic carbocycles. The highest BCUT2D eigenvalue weighted by atomic mass is 16.5. The maximum Gasteiger partial charge on any atom is 0.119 e. The molecule has 166 valence electrons. The number of ether oxygens (including phenoxy) is 1. The predicted octanol–water partition coefficient (Wildman–Crippen LogP) is 5.88. The first-order chi connectivity index (χ1) is 15.1. The highest BCUT2D eigenvalue weighted by Gasteiger charge is 2.55. The molecule has 0 saturated heterocycles. The van der Waals surface area contributed by atoms with Gasteiger partial charge in [-0.3, -0.25) is 9.88 Å². The molecule has 0 unspecified atom stereocenters. The molecule has 0 spiro atoms. The maximum atomic E-state index is 5.50. The van der Waals surface area contributed by atoms with Crippen LogP contribution in [0.5, 0.6) is 5.75 Å². The van der Waals surface area contributed by atoms with Gasteiger partial charge in [0.15, 0.2) is 0 Å². The van der Waals surface area contributed by atoms with E-state index in [1.165, 1.54) is 44.2 Å². The summed E-state index contributed by atoms with van der Waals surface area (Å²) in [5.74, 6) is 3.51. The van der Waals surface area contributed by atoms with E-state index in [0.29, 0.717) is 5.41 Å². The standard InChI is InChI=1S/C28H38N2O/c1-4-30(18-15-21-7-5-6-17-29-21)27-13-12-26-25-10-8-20-19-22(31-3)9-11-23(20)24(25)14-16-28(26,27)2/h5-7,9,11,17,19,24-27H,4,8,10,12-16,18H2,1-3H3/t24-,25-,26+,27+,28+/m1/s1. The van der Waals surface area contributed by atoms with Crippen molar-refractivity contribution in [1.82, 2.24) is 9.88 Å². The highest BCUT2D eigenvalue weighted by Crippen LogP contribution is 2.61. The minimum Gasteiger partial charge on any atom is -0.497 e. The molecule has 2 fully saturated rings. The Morgan fingerprint density at radius 3 is 2.81 bits per heavy atom. The number of hydrogen-bond donors (Lipinski definition) is 0. The molecule has 0 N–H and O–H groups in total. The number of likely N-dealkylation sites (N-methyl/N-ethyl adjacent to an activating group) is 1. The van der Waals surface area contributed by atoms with E-state index in [1.54, 1.807) is 18.2 Å². The third kappa shape index (κ3) is 3.69. The van der Waals surface area contributed by atoms with E-state index < -0.39 is 0 Å². The Labute approximate surface area is 188 Å². The molecule has 3 aliphatic rings. The molecule has 5 rings (SSSR count). The summed E-state index contributed by atoms with van der Waals surface area (Å²) in [6.07, 6.45) is 11.1. The summed E-state index contributed by atoms with van der Waals surface area (Å²) in [6, 6.07) is 13.9. The fourth-order valence-corrected chi connectivity index (χ4v) is 7.60. The maximum absolute atomic E-state index is 5.50. The van der Waals surface area contributed by atoms with Crippen molar-refractivity contribution < 1.29 is 4.74 Å². The Morgan fingerprint density at radius 1 is 1.13 bits per heavy atom. The van der Waals surface area contributed by atoms with Gasteiger partial charge in [0.05, 0.1) is 7.11 Å². The number of hydrogen-bond acceptors (Lipinski definition) is 3. The van der Waals surface area contributed by atoms with Crippen LogP contribution in [-0.2, 0) is 12.8 Å². The molecule has 1 aromatic heterocycles. The molecule has 1 aromatic carbocycles. The normalized spacial score (nSPS) is 31.7. The predicted molar refractivity (Wildman–Crippen MR) is 127 cm³/mol. The Balaban J connectivity index is 1.33. The van der Waals surface area contributed by atoms with Gasteiger partial charge in [-0.25, -0.2) is 0 Å². The van der Waals surface area contributed by atoms with Crippen molar-refractivity contribution in [3.8, 4) is 5.75 Å². The van der Waals surface area contributed by atoms with Gasteiger partial charge in [-0.15, -0.1) is 0 Å². The first-order valence-corrected chi connectivity index (χ1v) is 12.4. The second kappa shape index (κ2) is 8.58. The van der Waals surface area contributed by atoms with Gasteiger partial charge >= 0.3 is 0 Å². The second-order valence-electron chi connectivity index (χ2n) is 10.3. The van der Waals surface area contributed by atoms with Crippen molar-refractivity contribution in [3.63, 3.8) is 0 Å². The summed E-state index contributed by atoms with van der Waals surface area (Å²) >= 11 is 0. The lowest BCUT2D eigenvalue weighted by atomic mass is 9.55. The summed E-state index contributed by atoms with van der Waals surface area (Å²) in [6.45, 7) is 7.28. The third-order valence-electron chi connectivity index (χ3n) is 9.11. The van der Waals surface area contributed by atoms with Gasteiger partial charge in [-0.05, 0) is 104 Å². The van der Waals surface area contributed by atoms with Crippen molar-refractivity contribution in [1.29, 1.82) is 0 Å². The van der Waals surface area contributed by atoms with Crippen LogP contribution in [0.4, 0.5) is 0 Å². The minimum atomic E-state index is 0.464. The first kappa shape index (κ1) is 21.0. The van der Waals surface area contributed by atoms with E-state index in [1.807, 2.05) is 12.3 Å². The minimum absolute atomic E-state index is 0.464. The van der Waals surface area contributed by atoms with Gasteiger partial charge in [0.25, 0.3) is 0 Å². The summed E-state index contributed by atoms with van der Waals surface area (Å²) in [5.41, 5.74) is 4.86. The molecule has 5 atom stereocenters. The van der Waals surface area contributed by atoms with Crippen molar-refractivity contribution in [3.05, 3.63) is 59.4 Å². The van der Waals surface area contributed by atoms with E-state index in [0.717, 1.165) is 49.1 Å². The average Bonchev–Trinajstić information content (AvgIpc) is 3.17. The van der Waals surface area contributed by atoms with Crippen molar-refractivity contribution in [2.75, 3.05) is 20.2 Å². The number of benzene rings is 1. The summed E-state index contributed by atoms with van der Waals surface area (Å²) in [5, 5.41) is 0. The number of fused-ring (bicyclic) bond motifs is 5. The molecule has 0 radical (unpaired) electrons. The van der Waals surface area contributed by atoms with Gasteiger partial charge in [-0.2, -0.15) is 0 Å². The van der Waals surface area contributed by atoms with Gasteiger partial charge < -0.3 is 4.74 Å². The molecule has 3 nitrogen and oxygen atoms in total. The topological polar surface area (TPSA) is 25.4 Å². The smallest absolute Gasteiger partial charge is 0.119 e. The molecule has 1 heterocycles. The lowest BCUT2D eigenvalue weighted by molar-refractivity contribution is 0.00128. The molecule has 3 heteroatoms. The Morgan fingerprint density at radius 2 is 2.03 bits per heavy atom. The van der Waals surface area contributed by atoms with Crippen molar-refractivity contribution in [2.24, 2.45) is 17.3 Å². The van der Waals surface area contributed by atoms with Crippen molar-refractivity contribution in [2.45, 2.75) is 70.8 Å². The SMILES string of the molecule is CCN(CCc1ccccn1)[C@H]1CC[C@H]2[C@@H]3CCc4cc(OC)ccc4[C@H]3CC[C@]12C. The third-order valence-corrected chi connectivity index (χ3v) is 9.11. The van der Waals surface area contributed by atoms with Crippen LogP contribution >= 0.6 is 0 Å². The molecule has 0 amide bonds. The fourth-order valence-electron chi connectivity index (χ4n) is 7.60. The van der Waals surface area contributed by atoms with E-state index in [9.17, 15) is 0 Å². The quantitative estimate of drug-likeness (QED) is 0.586. The number of rotatable bonds is 6. The molecular weight excluding hydrogens is 380 g/mol. The van der Waals surface area contributed by atoms with Crippen LogP contribution in [0.25, 0.3) is 0 Å². The van der Waals surface area contributed by atoms with Gasteiger partial charge in [0, 0.05) is 30.9 Å². The summed E-state index contributed by atoms with van der Waals surface area (Å²) in [7, 11) is 1.78. The Kier molecular flexibility index (Phi) is 5.81. The number of methoxy groups -OCH3 is 1. The largest absolute Gasteiger partial charge is 0.497 e. The van der Waals surface area contributed by atoms with Crippen molar-refractivity contribution >= 4 is 0 Å². The first-order valence-electron chi connectivity index (χ1n) is 12.4. The second-order valence-corrected chi connectivity index (χ2v) is 10.3. The lowest BCUT2D eigenvalue weighted by Gasteiger charge is -2.52. The van der Waals surface area contributed by atoms with Crippen LogP contribution in [0.15, 0.2) is 42.6 Å². The zero-order valence-corrected chi connectivity index (χ0v) is 19.5. The monoisotopic (exact) mass is 418 g/mol. The molecule has 2 aromatic rings. The van der Waals surface area contributed by atoms with Crippen LogP contribution in [-0.4, -0.2) is 36.1 Å². The average molecular weight is 419 g/mol. The van der Waals surface area contributed by atoms with Crippen LogP contribution in [0, 0.1) is 17.3 Å². The zero-order valence-electron chi connectivity index (χ0n) is 19.5. The fraction of sp³-hybridized carbons (Fsp3) is 0.607. The van der Waals surface area contributed by atoms with Crippen LogP contribution in [0.2, 0.25) is 0 Å². The van der Waals surface area contributed by atoms with Gasteiger partial charge in [0.1, 0.15) is 5.75 Å². The van der Waals surface area contributed by atoms with E-state index in [4.69, 9.17) is 4.74 Å². The molecular formula is C28H38N2O. The molecule has 2 saturated carbocycles. The summed E-state index contributed by atoms with van der Waals surface area (Å²) in [4.78, 5) is 7.35. The number of pyridine rings is 1. The Bertz CT molecular complexity index is 897. The Hall–Kier alpha value is -1.87. The number of aryl methyl sites for hydroxylation is 1. The van der Waals surface area contributed by atoms with Crippen LogP contribution in [0.3, 0.4) is 0 Å². The number of nitrogens with zero attached hydrogens (tertiary/aromatic N) is 2. The van der Waals surface area contributed by atoms with E-state index >= 15 is 0 Å². The van der Waals surface area contributed by atoms with Gasteiger partial charge in [-0.1, -0.05) is 26.0 Å². The molecule has 0 aliphatic heterocycles. The van der Waals surface area contributed by atoms with Crippen LogP contribution in [0.1, 0.15) is 68.7 Å².